The molecule has 2 aliphatic rings. The van der Waals surface area contributed by atoms with Crippen molar-refractivity contribution in [1.82, 2.24) is 5.32 Å². The zero-order chi connectivity index (χ0) is 9.10. The minimum Gasteiger partial charge on any atom is -0.396 e. The summed E-state index contributed by atoms with van der Waals surface area (Å²) >= 11 is 2.05. The van der Waals surface area contributed by atoms with E-state index in [0.717, 1.165) is 18.4 Å². The van der Waals surface area contributed by atoms with Gasteiger partial charge in [0.05, 0.1) is 0 Å². The predicted molar refractivity (Wildman–Crippen MR) is 57.1 cm³/mol. The molecule has 0 radical (unpaired) electrons. The number of nitrogens with one attached hydrogen (secondary N) is 1. The summed E-state index contributed by atoms with van der Waals surface area (Å²) in [6, 6.07) is 1.33. The first-order valence-electron chi connectivity index (χ1n) is 5.35. The molecule has 2 nitrogen and oxygen atoms in total. The van der Waals surface area contributed by atoms with Gasteiger partial charge in [0, 0.05) is 24.4 Å². The van der Waals surface area contributed by atoms with Crippen LogP contribution in [0.25, 0.3) is 0 Å². The second kappa shape index (κ2) is 4.67. The van der Waals surface area contributed by atoms with Crippen molar-refractivity contribution in [3.8, 4) is 0 Å². The highest BCUT2D eigenvalue weighted by molar-refractivity contribution is 7.99. The van der Waals surface area contributed by atoms with Crippen LogP contribution in [0, 0.1) is 5.92 Å². The Morgan fingerprint density at radius 1 is 1.38 bits per heavy atom. The molecule has 2 unspecified atom stereocenters. The van der Waals surface area contributed by atoms with E-state index in [1.54, 1.807) is 0 Å². The molecule has 2 rings (SSSR count). The Morgan fingerprint density at radius 3 is 2.77 bits per heavy atom. The van der Waals surface area contributed by atoms with E-state index in [9.17, 15) is 0 Å². The normalized spacial score (nSPS) is 30.7. The van der Waals surface area contributed by atoms with Gasteiger partial charge in [0.25, 0.3) is 0 Å². The lowest BCUT2D eigenvalue weighted by Crippen LogP contribution is -2.40. The van der Waals surface area contributed by atoms with E-state index in [4.69, 9.17) is 5.11 Å². The number of aliphatic hydroxyl groups is 1. The van der Waals surface area contributed by atoms with Crippen molar-refractivity contribution in [3.63, 3.8) is 0 Å². The molecule has 1 aliphatic heterocycles. The average molecular weight is 201 g/mol. The Bertz CT molecular complexity index is 155. The van der Waals surface area contributed by atoms with Crippen LogP contribution in [0.5, 0.6) is 0 Å². The van der Waals surface area contributed by atoms with E-state index in [2.05, 4.69) is 5.32 Å². The summed E-state index contributed by atoms with van der Waals surface area (Å²) in [7, 11) is 0. The molecule has 1 saturated heterocycles. The van der Waals surface area contributed by atoms with Crippen molar-refractivity contribution in [2.75, 3.05) is 18.1 Å². The van der Waals surface area contributed by atoms with Crippen LogP contribution in [0.3, 0.4) is 0 Å². The Hall–Kier alpha value is 0.270. The topological polar surface area (TPSA) is 32.3 Å². The largest absolute Gasteiger partial charge is 0.396 e. The summed E-state index contributed by atoms with van der Waals surface area (Å²) < 4.78 is 0. The first-order chi connectivity index (χ1) is 6.40. The van der Waals surface area contributed by atoms with Crippen LogP contribution < -0.4 is 5.32 Å². The molecule has 2 fully saturated rings. The van der Waals surface area contributed by atoms with Gasteiger partial charge in [0.1, 0.15) is 0 Å². The fourth-order valence-electron chi connectivity index (χ4n) is 2.06. The molecule has 76 valence electrons. The molecule has 3 heteroatoms. The highest BCUT2D eigenvalue weighted by Crippen LogP contribution is 2.34. The molecule has 1 aliphatic carbocycles. The Balaban J connectivity index is 1.74. The first kappa shape index (κ1) is 9.81. The van der Waals surface area contributed by atoms with Gasteiger partial charge in [-0.3, -0.25) is 0 Å². The SMILES string of the molecule is OCCC(NC1CCSC1)C1CC1. The van der Waals surface area contributed by atoms with Gasteiger partial charge in [-0.05, 0) is 37.4 Å². The maximum atomic E-state index is 8.94. The van der Waals surface area contributed by atoms with Crippen LogP contribution in [0.4, 0.5) is 0 Å². The summed E-state index contributed by atoms with van der Waals surface area (Å²) in [5.74, 6) is 3.46. The molecule has 0 amide bonds. The summed E-state index contributed by atoms with van der Waals surface area (Å²) in [6.45, 7) is 0.341. The molecule has 13 heavy (non-hydrogen) atoms. The van der Waals surface area contributed by atoms with E-state index in [1.165, 1.54) is 30.8 Å². The molecule has 1 saturated carbocycles. The molecule has 0 aromatic carbocycles. The minimum absolute atomic E-state index is 0.341. The lowest BCUT2D eigenvalue weighted by atomic mass is 10.1. The van der Waals surface area contributed by atoms with Crippen LogP contribution in [0.15, 0.2) is 0 Å². The van der Waals surface area contributed by atoms with Crippen molar-refractivity contribution in [2.45, 2.75) is 37.8 Å². The van der Waals surface area contributed by atoms with Crippen LogP contribution in [0.1, 0.15) is 25.7 Å². The van der Waals surface area contributed by atoms with Gasteiger partial charge in [-0.25, -0.2) is 0 Å². The van der Waals surface area contributed by atoms with Gasteiger partial charge < -0.3 is 10.4 Å². The maximum absolute atomic E-state index is 8.94. The number of thioether (sulfide) groups is 1. The zero-order valence-corrected chi connectivity index (χ0v) is 8.85. The number of rotatable bonds is 5. The van der Waals surface area contributed by atoms with E-state index in [0.29, 0.717) is 12.6 Å². The van der Waals surface area contributed by atoms with Crippen molar-refractivity contribution in [1.29, 1.82) is 0 Å². The average Bonchev–Trinajstić information content (AvgIpc) is 2.85. The third-order valence-corrected chi connectivity index (χ3v) is 4.17. The monoisotopic (exact) mass is 201 g/mol. The van der Waals surface area contributed by atoms with Gasteiger partial charge in [-0.1, -0.05) is 0 Å². The van der Waals surface area contributed by atoms with Gasteiger partial charge in [-0.15, -0.1) is 0 Å². The minimum atomic E-state index is 0.341. The highest BCUT2D eigenvalue weighted by Gasteiger charge is 2.32. The lowest BCUT2D eigenvalue weighted by molar-refractivity contribution is 0.250. The molecule has 0 bridgehead atoms. The molecular weight excluding hydrogens is 182 g/mol. The third-order valence-electron chi connectivity index (χ3n) is 3.01. The Morgan fingerprint density at radius 2 is 2.23 bits per heavy atom. The van der Waals surface area contributed by atoms with Crippen LogP contribution >= 0.6 is 11.8 Å². The molecule has 0 aromatic heterocycles. The Labute approximate surface area is 84.5 Å². The highest BCUT2D eigenvalue weighted by atomic mass is 32.2. The van der Waals surface area contributed by atoms with Crippen molar-refractivity contribution in [3.05, 3.63) is 0 Å². The molecule has 2 atom stereocenters. The first-order valence-corrected chi connectivity index (χ1v) is 6.50. The van der Waals surface area contributed by atoms with Crippen molar-refractivity contribution >= 4 is 11.8 Å². The van der Waals surface area contributed by atoms with E-state index in [-0.39, 0.29) is 0 Å². The van der Waals surface area contributed by atoms with Gasteiger partial charge in [0.2, 0.25) is 0 Å². The molecule has 0 spiro atoms. The molecule has 0 aromatic rings. The third kappa shape index (κ3) is 2.86. The molecule has 2 N–H and O–H groups in total. The standard InChI is InChI=1S/C10H19NOS/c12-5-3-10(8-1-2-8)11-9-4-6-13-7-9/h8-12H,1-7H2. The fourth-order valence-corrected chi connectivity index (χ4v) is 3.23. The number of hydrogen-bond acceptors (Lipinski definition) is 3. The summed E-state index contributed by atoms with van der Waals surface area (Å²) in [4.78, 5) is 0. The number of hydrogen-bond donors (Lipinski definition) is 2. The Kier molecular flexibility index (Phi) is 3.52. The van der Waals surface area contributed by atoms with Crippen LogP contribution in [-0.2, 0) is 0 Å². The van der Waals surface area contributed by atoms with E-state index >= 15 is 0 Å². The second-order valence-corrected chi connectivity index (χ2v) is 5.33. The molecule has 1 heterocycles. The van der Waals surface area contributed by atoms with Crippen LogP contribution in [-0.4, -0.2) is 35.3 Å². The van der Waals surface area contributed by atoms with E-state index in [1.807, 2.05) is 11.8 Å². The fraction of sp³-hybridized carbons (Fsp3) is 1.00. The van der Waals surface area contributed by atoms with Crippen LogP contribution in [0.2, 0.25) is 0 Å². The molecular formula is C10H19NOS. The van der Waals surface area contributed by atoms with Gasteiger partial charge in [0.15, 0.2) is 0 Å². The number of aliphatic hydroxyl groups excluding tert-OH is 1. The van der Waals surface area contributed by atoms with Gasteiger partial charge in [-0.2, -0.15) is 11.8 Å². The zero-order valence-electron chi connectivity index (χ0n) is 8.04. The van der Waals surface area contributed by atoms with E-state index < -0.39 is 0 Å². The lowest BCUT2D eigenvalue weighted by Gasteiger charge is -2.21. The smallest absolute Gasteiger partial charge is 0.0445 e. The maximum Gasteiger partial charge on any atom is 0.0445 e. The summed E-state index contributed by atoms with van der Waals surface area (Å²) in [5, 5.41) is 12.6. The quantitative estimate of drug-likeness (QED) is 0.702. The van der Waals surface area contributed by atoms with Crippen molar-refractivity contribution < 1.29 is 5.11 Å². The second-order valence-electron chi connectivity index (χ2n) is 4.18. The predicted octanol–water partition coefficient (Wildman–Crippen LogP) is 1.24. The van der Waals surface area contributed by atoms with Crippen molar-refractivity contribution in [2.24, 2.45) is 5.92 Å². The van der Waals surface area contributed by atoms with Gasteiger partial charge >= 0.3 is 0 Å². The summed E-state index contributed by atoms with van der Waals surface area (Å²) in [5.41, 5.74) is 0. The summed E-state index contributed by atoms with van der Waals surface area (Å²) in [6.07, 6.45) is 5.01.